The number of hydrogen-bond acceptors (Lipinski definition) is 2. The van der Waals surface area contributed by atoms with E-state index in [1.807, 2.05) is 6.07 Å². The lowest BCUT2D eigenvalue weighted by Crippen LogP contribution is -3.00. The molecular weight excluding hydrogens is 389 g/mol. The topological polar surface area (TPSA) is 30.2 Å². The van der Waals surface area contributed by atoms with E-state index >= 15 is 0 Å². The van der Waals surface area contributed by atoms with Crippen molar-refractivity contribution in [3.05, 3.63) is 54.7 Å². The standard InChI is InChI=1S/C18H18NO2.HI/c1-21-18(20)11-6-12-19-13-14-7-2-3-8-15(14)16-9-4-5-10-17(16)19;/h2-5,7-10,13H,6,11-12H2,1H3;1H/q+1;/p-1. The molecule has 0 N–H and O–H groups in total. The van der Waals surface area contributed by atoms with Gasteiger partial charge in [-0.3, -0.25) is 4.79 Å². The highest BCUT2D eigenvalue weighted by Crippen LogP contribution is 2.22. The van der Waals surface area contributed by atoms with E-state index in [4.69, 9.17) is 4.74 Å². The Morgan fingerprint density at radius 2 is 1.73 bits per heavy atom. The van der Waals surface area contributed by atoms with Crippen molar-refractivity contribution in [1.29, 1.82) is 0 Å². The van der Waals surface area contributed by atoms with Crippen LogP contribution < -0.4 is 28.5 Å². The fourth-order valence-corrected chi connectivity index (χ4v) is 2.72. The van der Waals surface area contributed by atoms with Crippen LogP contribution in [0.3, 0.4) is 0 Å². The molecule has 0 saturated heterocycles. The van der Waals surface area contributed by atoms with E-state index in [0.29, 0.717) is 6.42 Å². The smallest absolute Gasteiger partial charge is 0.305 e. The zero-order chi connectivity index (χ0) is 14.7. The van der Waals surface area contributed by atoms with E-state index in [1.165, 1.54) is 28.8 Å². The van der Waals surface area contributed by atoms with Gasteiger partial charge in [0.15, 0.2) is 6.20 Å². The number of esters is 1. The van der Waals surface area contributed by atoms with Gasteiger partial charge in [0.05, 0.1) is 18.9 Å². The van der Waals surface area contributed by atoms with Crippen LogP contribution in [0.1, 0.15) is 12.8 Å². The van der Waals surface area contributed by atoms with Gasteiger partial charge in [0.25, 0.3) is 0 Å². The molecule has 22 heavy (non-hydrogen) atoms. The number of pyridine rings is 1. The van der Waals surface area contributed by atoms with Gasteiger partial charge in [0.1, 0.15) is 6.54 Å². The summed E-state index contributed by atoms with van der Waals surface area (Å²) in [6.07, 6.45) is 3.39. The first kappa shape index (κ1) is 16.7. The monoisotopic (exact) mass is 407 g/mol. The zero-order valence-electron chi connectivity index (χ0n) is 12.5. The van der Waals surface area contributed by atoms with E-state index in [9.17, 15) is 4.79 Å². The Bertz CT molecular complexity index is 801. The van der Waals surface area contributed by atoms with Crippen molar-refractivity contribution in [1.82, 2.24) is 0 Å². The first-order valence-electron chi connectivity index (χ1n) is 7.16. The largest absolute Gasteiger partial charge is 1.00 e. The molecule has 0 bridgehead atoms. The number of benzene rings is 2. The summed E-state index contributed by atoms with van der Waals surface area (Å²) in [7, 11) is 1.43. The van der Waals surface area contributed by atoms with Crippen LogP contribution in [0.5, 0.6) is 0 Å². The van der Waals surface area contributed by atoms with Crippen LogP contribution >= 0.6 is 0 Å². The van der Waals surface area contributed by atoms with Crippen molar-refractivity contribution >= 4 is 27.6 Å². The summed E-state index contributed by atoms with van der Waals surface area (Å²) in [6, 6.07) is 16.8. The number of para-hydroxylation sites is 1. The highest BCUT2D eigenvalue weighted by molar-refractivity contribution is 6.03. The average molecular weight is 407 g/mol. The van der Waals surface area contributed by atoms with Crippen molar-refractivity contribution in [3.63, 3.8) is 0 Å². The average Bonchev–Trinajstić information content (AvgIpc) is 2.54. The van der Waals surface area contributed by atoms with Crippen LogP contribution in [0.4, 0.5) is 0 Å². The van der Waals surface area contributed by atoms with Crippen molar-refractivity contribution in [3.8, 4) is 0 Å². The lowest BCUT2D eigenvalue weighted by molar-refractivity contribution is -0.670. The maximum atomic E-state index is 11.2. The van der Waals surface area contributed by atoms with E-state index < -0.39 is 0 Å². The number of fused-ring (bicyclic) bond motifs is 3. The Morgan fingerprint density at radius 1 is 1.05 bits per heavy atom. The molecule has 1 heterocycles. The number of hydrogen-bond donors (Lipinski definition) is 0. The molecule has 0 aliphatic carbocycles. The fraction of sp³-hybridized carbons (Fsp3) is 0.222. The third-order valence-electron chi connectivity index (χ3n) is 3.77. The number of methoxy groups -OCH3 is 1. The van der Waals surface area contributed by atoms with E-state index in [0.717, 1.165) is 13.0 Å². The molecule has 3 nitrogen and oxygen atoms in total. The Labute approximate surface area is 146 Å². The summed E-state index contributed by atoms with van der Waals surface area (Å²) in [6.45, 7) is 0.806. The second-order valence-corrected chi connectivity index (χ2v) is 5.11. The van der Waals surface area contributed by atoms with Crippen LogP contribution in [0, 0.1) is 0 Å². The number of halogens is 1. The minimum absolute atomic E-state index is 0. The zero-order valence-corrected chi connectivity index (χ0v) is 14.6. The van der Waals surface area contributed by atoms with Crippen LogP contribution in [0.2, 0.25) is 0 Å². The minimum Gasteiger partial charge on any atom is -1.00 e. The molecule has 2 aromatic carbocycles. The molecule has 0 fully saturated rings. The summed E-state index contributed by atoms with van der Waals surface area (Å²) in [5.41, 5.74) is 1.20. The molecule has 1 aromatic heterocycles. The van der Waals surface area contributed by atoms with Gasteiger partial charge in [0, 0.05) is 23.3 Å². The molecular formula is C18H18INO2. The number of carbonyl (C=O) groups excluding carboxylic acids is 1. The molecule has 0 aliphatic rings. The van der Waals surface area contributed by atoms with Crippen LogP contribution in [0.15, 0.2) is 54.7 Å². The minimum atomic E-state index is -0.152. The molecule has 0 atom stereocenters. The Morgan fingerprint density at radius 3 is 2.50 bits per heavy atom. The van der Waals surface area contributed by atoms with Crippen LogP contribution in [-0.4, -0.2) is 13.1 Å². The van der Waals surface area contributed by atoms with Crippen molar-refractivity contribution in [2.75, 3.05) is 7.11 Å². The predicted molar refractivity (Wildman–Crippen MR) is 82.9 cm³/mol. The quantitative estimate of drug-likeness (QED) is 0.269. The molecule has 0 aliphatic heterocycles. The molecule has 3 rings (SSSR count). The fourth-order valence-electron chi connectivity index (χ4n) is 2.72. The number of carbonyl (C=O) groups is 1. The van der Waals surface area contributed by atoms with Crippen LogP contribution in [-0.2, 0) is 16.1 Å². The third-order valence-corrected chi connectivity index (χ3v) is 3.77. The van der Waals surface area contributed by atoms with Crippen molar-refractivity contribution < 1.29 is 38.1 Å². The van der Waals surface area contributed by atoms with Gasteiger partial charge < -0.3 is 28.7 Å². The molecule has 114 valence electrons. The Kier molecular flexibility index (Phi) is 5.71. The predicted octanol–water partition coefficient (Wildman–Crippen LogP) is 0.238. The SMILES string of the molecule is COC(=O)CCC[n+]1cc2ccccc2c2ccccc21.[I-]. The number of aryl methyl sites for hydroxylation is 1. The summed E-state index contributed by atoms with van der Waals surface area (Å²) < 4.78 is 6.92. The number of nitrogens with zero attached hydrogens (tertiary/aromatic N) is 1. The first-order valence-corrected chi connectivity index (χ1v) is 7.16. The van der Waals surface area contributed by atoms with Gasteiger partial charge in [-0.05, 0) is 12.1 Å². The van der Waals surface area contributed by atoms with Crippen molar-refractivity contribution in [2.24, 2.45) is 0 Å². The Hall–Kier alpha value is -1.69. The molecule has 0 saturated carbocycles. The van der Waals surface area contributed by atoms with Gasteiger partial charge in [-0.2, -0.15) is 4.57 Å². The molecule has 4 heteroatoms. The molecule has 0 spiro atoms. The maximum absolute atomic E-state index is 11.2. The van der Waals surface area contributed by atoms with Crippen molar-refractivity contribution in [2.45, 2.75) is 19.4 Å². The lowest BCUT2D eigenvalue weighted by atomic mass is 10.1. The summed E-state index contributed by atoms with van der Waals surface area (Å²) >= 11 is 0. The summed E-state index contributed by atoms with van der Waals surface area (Å²) in [5.74, 6) is -0.152. The lowest BCUT2D eigenvalue weighted by Gasteiger charge is -2.05. The summed E-state index contributed by atoms with van der Waals surface area (Å²) in [4.78, 5) is 11.2. The number of rotatable bonds is 4. The third kappa shape index (κ3) is 3.38. The number of aromatic nitrogens is 1. The van der Waals surface area contributed by atoms with Gasteiger partial charge in [-0.25, -0.2) is 0 Å². The van der Waals surface area contributed by atoms with Crippen LogP contribution in [0.25, 0.3) is 21.7 Å². The van der Waals surface area contributed by atoms with E-state index in [2.05, 4.69) is 53.2 Å². The Balaban J connectivity index is 0.00000176. The molecule has 3 aromatic rings. The second-order valence-electron chi connectivity index (χ2n) is 5.11. The molecule has 0 amide bonds. The van der Waals surface area contributed by atoms with E-state index in [1.54, 1.807) is 0 Å². The van der Waals surface area contributed by atoms with Gasteiger partial charge >= 0.3 is 5.97 Å². The molecule has 0 radical (unpaired) electrons. The van der Waals surface area contributed by atoms with Gasteiger partial charge in [0.2, 0.25) is 5.52 Å². The van der Waals surface area contributed by atoms with Gasteiger partial charge in [-0.15, -0.1) is 0 Å². The number of ether oxygens (including phenoxy) is 1. The maximum Gasteiger partial charge on any atom is 0.305 e. The van der Waals surface area contributed by atoms with Gasteiger partial charge in [-0.1, -0.05) is 30.3 Å². The van der Waals surface area contributed by atoms with E-state index in [-0.39, 0.29) is 29.9 Å². The molecule has 0 unspecified atom stereocenters. The first-order chi connectivity index (χ1) is 10.3. The highest BCUT2D eigenvalue weighted by atomic mass is 127. The highest BCUT2D eigenvalue weighted by Gasteiger charge is 2.13. The normalized spacial score (nSPS) is 10.4. The second kappa shape index (κ2) is 7.54. The summed E-state index contributed by atoms with van der Waals surface area (Å²) in [5, 5.41) is 3.72.